The number of hydrogen-bond donors (Lipinski definition) is 1. The van der Waals surface area contributed by atoms with E-state index in [4.69, 9.17) is 4.74 Å². The van der Waals surface area contributed by atoms with Crippen LogP contribution in [0.15, 0.2) is 36.7 Å². The van der Waals surface area contributed by atoms with Crippen molar-refractivity contribution in [2.24, 2.45) is 0 Å². The normalized spacial score (nSPS) is 17.1. The number of nitrogens with one attached hydrogen (secondary N) is 1. The van der Waals surface area contributed by atoms with E-state index in [9.17, 15) is 0 Å². The Morgan fingerprint density at radius 1 is 1.25 bits per heavy atom. The molecule has 0 spiro atoms. The quantitative estimate of drug-likeness (QED) is 0.943. The summed E-state index contributed by atoms with van der Waals surface area (Å²) in [5, 5.41) is 3.18. The molecule has 1 atom stereocenters. The lowest BCUT2D eigenvalue weighted by Crippen LogP contribution is -2.25. The van der Waals surface area contributed by atoms with Crippen LogP contribution >= 0.6 is 12.4 Å². The molecule has 1 unspecified atom stereocenters. The molecule has 0 amide bonds. The molecule has 20 heavy (non-hydrogen) atoms. The van der Waals surface area contributed by atoms with Crippen LogP contribution in [0.2, 0.25) is 0 Å². The summed E-state index contributed by atoms with van der Waals surface area (Å²) in [5.74, 6) is 0.796. The van der Waals surface area contributed by atoms with E-state index in [1.165, 1.54) is 11.1 Å². The van der Waals surface area contributed by atoms with Gasteiger partial charge in [0.2, 0.25) is 0 Å². The lowest BCUT2D eigenvalue weighted by atomic mass is 9.92. The van der Waals surface area contributed by atoms with Crippen LogP contribution in [0.25, 0.3) is 11.4 Å². The molecule has 0 saturated heterocycles. The summed E-state index contributed by atoms with van der Waals surface area (Å²) in [5.41, 5.74) is 3.70. The number of halogens is 1. The maximum Gasteiger partial charge on any atom is 0.159 e. The Balaban J connectivity index is 0.00000147. The zero-order chi connectivity index (χ0) is 13.1. The zero-order valence-corrected chi connectivity index (χ0v) is 12.2. The first-order valence-corrected chi connectivity index (χ1v) is 6.55. The molecule has 1 aromatic carbocycles. The molecule has 4 nitrogen and oxygen atoms in total. The van der Waals surface area contributed by atoms with Gasteiger partial charge in [-0.1, -0.05) is 18.2 Å². The number of nitrogens with zero attached hydrogens (tertiary/aromatic N) is 2. The molecule has 0 radical (unpaired) electrons. The highest BCUT2D eigenvalue weighted by Crippen LogP contribution is 2.32. The molecule has 2 heterocycles. The first-order chi connectivity index (χ1) is 9.40. The van der Waals surface area contributed by atoms with E-state index in [-0.39, 0.29) is 18.5 Å². The second-order valence-electron chi connectivity index (χ2n) is 4.61. The van der Waals surface area contributed by atoms with Crippen molar-refractivity contribution in [1.82, 2.24) is 15.3 Å². The lowest BCUT2D eigenvalue weighted by Gasteiger charge is -2.27. The third-order valence-corrected chi connectivity index (χ3v) is 3.43. The van der Waals surface area contributed by atoms with Gasteiger partial charge < -0.3 is 10.1 Å². The first-order valence-electron chi connectivity index (χ1n) is 6.55. The van der Waals surface area contributed by atoms with Gasteiger partial charge >= 0.3 is 0 Å². The zero-order valence-electron chi connectivity index (χ0n) is 11.4. The Hall–Kier alpha value is -1.49. The molecular weight excluding hydrogens is 274 g/mol. The minimum absolute atomic E-state index is 0. The summed E-state index contributed by atoms with van der Waals surface area (Å²) in [6.45, 7) is 1.58. The van der Waals surface area contributed by atoms with Crippen molar-refractivity contribution in [3.05, 3.63) is 47.8 Å². The van der Waals surface area contributed by atoms with Gasteiger partial charge in [-0.25, -0.2) is 9.97 Å². The molecule has 0 aliphatic carbocycles. The third kappa shape index (κ3) is 2.82. The molecule has 2 aromatic rings. The van der Waals surface area contributed by atoms with Crippen LogP contribution in [0.3, 0.4) is 0 Å². The van der Waals surface area contributed by atoms with Crippen molar-refractivity contribution in [3.8, 4) is 11.4 Å². The van der Waals surface area contributed by atoms with Gasteiger partial charge in [-0.05, 0) is 30.7 Å². The van der Waals surface area contributed by atoms with Gasteiger partial charge in [-0.2, -0.15) is 0 Å². The summed E-state index contributed by atoms with van der Waals surface area (Å²) in [6.07, 6.45) is 4.61. The van der Waals surface area contributed by atoms with Crippen molar-refractivity contribution in [3.63, 3.8) is 0 Å². The van der Waals surface area contributed by atoms with Gasteiger partial charge in [0.05, 0.1) is 12.7 Å². The fourth-order valence-electron chi connectivity index (χ4n) is 2.58. The number of fused-ring (bicyclic) bond motifs is 1. The van der Waals surface area contributed by atoms with Crippen LogP contribution in [-0.2, 0) is 11.2 Å². The Morgan fingerprint density at radius 2 is 2.05 bits per heavy atom. The third-order valence-electron chi connectivity index (χ3n) is 3.43. The molecule has 1 N–H and O–H groups in total. The van der Waals surface area contributed by atoms with Crippen molar-refractivity contribution in [2.45, 2.75) is 12.5 Å². The van der Waals surface area contributed by atoms with Crippen LogP contribution in [0, 0.1) is 0 Å². The molecule has 5 heteroatoms. The van der Waals surface area contributed by atoms with E-state index in [1.807, 2.05) is 13.1 Å². The maximum atomic E-state index is 5.83. The highest BCUT2D eigenvalue weighted by Gasteiger charge is 2.23. The number of aromatic nitrogens is 2. The molecule has 0 fully saturated rings. The number of benzene rings is 1. The highest BCUT2D eigenvalue weighted by molar-refractivity contribution is 5.85. The average molecular weight is 292 g/mol. The van der Waals surface area contributed by atoms with Crippen LogP contribution in [0.4, 0.5) is 0 Å². The Labute approximate surface area is 125 Å². The molecule has 1 aliphatic heterocycles. The van der Waals surface area contributed by atoms with Crippen LogP contribution < -0.4 is 5.32 Å². The topological polar surface area (TPSA) is 47.0 Å². The second kappa shape index (κ2) is 6.79. The van der Waals surface area contributed by atoms with Gasteiger partial charge in [-0.15, -0.1) is 12.4 Å². The largest absolute Gasteiger partial charge is 0.372 e. The minimum Gasteiger partial charge on any atom is -0.372 e. The fraction of sp³-hybridized carbons (Fsp3) is 0.333. The van der Waals surface area contributed by atoms with E-state index in [1.54, 1.807) is 12.4 Å². The molecule has 0 saturated carbocycles. The molecule has 3 rings (SSSR count). The molecule has 106 valence electrons. The smallest absolute Gasteiger partial charge is 0.159 e. The number of rotatable bonds is 3. The summed E-state index contributed by atoms with van der Waals surface area (Å²) in [4.78, 5) is 8.72. The van der Waals surface area contributed by atoms with E-state index < -0.39 is 0 Å². The first kappa shape index (κ1) is 14.9. The predicted octanol–water partition coefficient (Wildman–Crippen LogP) is 2.40. The maximum absolute atomic E-state index is 5.83. The Bertz CT molecular complexity index is 562. The van der Waals surface area contributed by atoms with Gasteiger partial charge in [0.15, 0.2) is 5.82 Å². The molecule has 0 bridgehead atoms. The van der Waals surface area contributed by atoms with Gasteiger partial charge in [0, 0.05) is 24.5 Å². The summed E-state index contributed by atoms with van der Waals surface area (Å²) >= 11 is 0. The Kier molecular flexibility index (Phi) is 5.06. The van der Waals surface area contributed by atoms with E-state index in [0.717, 1.165) is 31.0 Å². The molecule has 1 aliphatic rings. The van der Waals surface area contributed by atoms with E-state index in [0.29, 0.717) is 0 Å². The Morgan fingerprint density at radius 3 is 2.80 bits per heavy atom. The minimum atomic E-state index is 0. The summed E-state index contributed by atoms with van der Waals surface area (Å²) in [7, 11) is 1.95. The van der Waals surface area contributed by atoms with E-state index >= 15 is 0 Å². The fourth-order valence-corrected chi connectivity index (χ4v) is 2.58. The van der Waals surface area contributed by atoms with Crippen molar-refractivity contribution >= 4 is 12.4 Å². The van der Waals surface area contributed by atoms with Crippen LogP contribution in [-0.4, -0.2) is 30.2 Å². The van der Waals surface area contributed by atoms with Crippen molar-refractivity contribution < 1.29 is 4.74 Å². The summed E-state index contributed by atoms with van der Waals surface area (Å²) < 4.78 is 5.83. The van der Waals surface area contributed by atoms with Gasteiger partial charge in [0.25, 0.3) is 0 Å². The van der Waals surface area contributed by atoms with E-state index in [2.05, 4.69) is 33.5 Å². The van der Waals surface area contributed by atoms with Gasteiger partial charge in [0.1, 0.15) is 0 Å². The van der Waals surface area contributed by atoms with Crippen LogP contribution in [0.1, 0.15) is 17.2 Å². The lowest BCUT2D eigenvalue weighted by molar-refractivity contribution is 0.0440. The van der Waals surface area contributed by atoms with Crippen LogP contribution in [0.5, 0.6) is 0 Å². The standard InChI is InChI=1S/C15H17N3O.ClH/c1-16-10-14-12-4-2-5-13(11(12)6-9-19-14)15-17-7-3-8-18-15;/h2-5,7-8,14,16H,6,9-10H2,1H3;1H. The number of ether oxygens (including phenoxy) is 1. The summed E-state index contributed by atoms with van der Waals surface area (Å²) in [6, 6.07) is 8.13. The number of hydrogen-bond acceptors (Lipinski definition) is 4. The average Bonchev–Trinajstić information content (AvgIpc) is 2.48. The molecule has 1 aromatic heterocycles. The van der Waals surface area contributed by atoms with Crippen molar-refractivity contribution in [1.29, 1.82) is 0 Å². The molecular formula is C15H18ClN3O. The van der Waals surface area contributed by atoms with Crippen molar-refractivity contribution in [2.75, 3.05) is 20.2 Å². The highest BCUT2D eigenvalue weighted by atomic mass is 35.5. The monoisotopic (exact) mass is 291 g/mol. The second-order valence-corrected chi connectivity index (χ2v) is 4.61. The van der Waals surface area contributed by atoms with Gasteiger partial charge in [-0.3, -0.25) is 0 Å². The predicted molar refractivity (Wildman–Crippen MR) is 81.0 cm³/mol. The SMILES string of the molecule is CNCC1OCCc2c(-c3ncccn3)cccc21.Cl. The number of likely N-dealkylation sites (N-methyl/N-ethyl adjacent to an activating group) is 1.